The van der Waals surface area contributed by atoms with E-state index in [4.69, 9.17) is 19.6 Å². The van der Waals surface area contributed by atoms with Gasteiger partial charge in [0.05, 0.1) is 33.4 Å². The van der Waals surface area contributed by atoms with Crippen molar-refractivity contribution in [3.8, 4) is 16.9 Å². The van der Waals surface area contributed by atoms with Crippen molar-refractivity contribution in [1.29, 1.82) is 0 Å². The van der Waals surface area contributed by atoms with Crippen molar-refractivity contribution in [2.45, 2.75) is 103 Å². The van der Waals surface area contributed by atoms with Gasteiger partial charge in [0.2, 0.25) is 17.7 Å². The molecule has 2 saturated heterocycles. The average molecular weight is 1040 g/mol. The second kappa shape index (κ2) is 20.8. The summed E-state index contributed by atoms with van der Waals surface area (Å²) in [5.74, 6) is 0.109. The van der Waals surface area contributed by atoms with Crippen LogP contribution in [-0.4, -0.2) is 98.7 Å². The van der Waals surface area contributed by atoms with Crippen LogP contribution in [0.3, 0.4) is 0 Å². The number of para-hydroxylation sites is 1. The summed E-state index contributed by atoms with van der Waals surface area (Å²) in [5, 5.41) is 11.6. The minimum atomic E-state index is -0.757. The summed E-state index contributed by atoms with van der Waals surface area (Å²) < 4.78 is 15.5. The summed E-state index contributed by atoms with van der Waals surface area (Å²) in [6.45, 7) is 11.4. The quantitative estimate of drug-likeness (QED) is 0.0927. The Kier molecular flexibility index (Phi) is 13.8. The third kappa shape index (κ3) is 10.5. The molecule has 7 aromatic rings. The van der Waals surface area contributed by atoms with Crippen molar-refractivity contribution in [2.24, 2.45) is 13.0 Å². The molecule has 0 bridgehead atoms. The molecule has 4 aliphatic rings. The average Bonchev–Trinajstić information content (AvgIpc) is 4.00. The van der Waals surface area contributed by atoms with Gasteiger partial charge < -0.3 is 24.2 Å². The number of nitrogens with zero attached hydrogens (tertiary/aromatic N) is 7. The molecule has 3 aromatic heterocycles. The molecule has 3 fully saturated rings. The number of carbonyl (C=O) groups is 5. The zero-order valence-corrected chi connectivity index (χ0v) is 44.5. The van der Waals surface area contributed by atoms with E-state index in [1.165, 1.54) is 11.3 Å². The number of amides is 4. The molecule has 4 amide bonds. The fourth-order valence-electron chi connectivity index (χ4n) is 11.3. The molecule has 1 atom stereocenters. The van der Waals surface area contributed by atoms with E-state index < -0.39 is 17.5 Å². The van der Waals surface area contributed by atoms with Crippen LogP contribution in [0.2, 0.25) is 0 Å². The first-order valence-electron chi connectivity index (χ1n) is 26.5. The Morgan fingerprint density at radius 1 is 0.816 bits per heavy atom. The van der Waals surface area contributed by atoms with Crippen molar-refractivity contribution in [2.75, 3.05) is 47.8 Å². The van der Waals surface area contributed by atoms with E-state index in [-0.39, 0.29) is 41.3 Å². The Morgan fingerprint density at radius 2 is 1.61 bits per heavy atom. The van der Waals surface area contributed by atoms with Crippen LogP contribution in [0.1, 0.15) is 115 Å². The molecular formula is C59H63N9O7S. The second-order valence-electron chi connectivity index (χ2n) is 21.6. The Bertz CT molecular complexity index is 3380. The lowest BCUT2D eigenvalue weighted by Crippen LogP contribution is -2.49. The lowest BCUT2D eigenvalue weighted by Gasteiger charge is -2.37. The number of imide groups is 1. The van der Waals surface area contributed by atoms with E-state index in [1.807, 2.05) is 112 Å². The van der Waals surface area contributed by atoms with Crippen molar-refractivity contribution in [1.82, 2.24) is 30.0 Å². The summed E-state index contributed by atoms with van der Waals surface area (Å²) in [6.07, 6.45) is 5.42. The van der Waals surface area contributed by atoms with Crippen LogP contribution >= 0.6 is 11.3 Å². The van der Waals surface area contributed by atoms with Crippen LogP contribution in [0.5, 0.6) is 5.75 Å². The summed E-state index contributed by atoms with van der Waals surface area (Å²) in [6, 6.07) is 29.6. The van der Waals surface area contributed by atoms with Crippen LogP contribution < -0.4 is 25.2 Å². The van der Waals surface area contributed by atoms with Gasteiger partial charge in [-0.2, -0.15) is 5.10 Å². The Labute approximate surface area is 445 Å². The molecule has 3 aliphatic heterocycles. The predicted molar refractivity (Wildman–Crippen MR) is 294 cm³/mol. The number of nitrogens with one attached hydrogen (secondary N) is 2. The highest BCUT2D eigenvalue weighted by Gasteiger charge is 2.34. The molecule has 2 N–H and O–H groups in total. The van der Waals surface area contributed by atoms with Gasteiger partial charge in [0.25, 0.3) is 5.91 Å². The third-order valence-corrected chi connectivity index (χ3v) is 16.3. The number of ether oxygens (including phenoxy) is 2. The molecule has 1 saturated carbocycles. The number of hydrogen-bond donors (Lipinski definition) is 2. The topological polar surface area (TPSA) is 181 Å². The van der Waals surface area contributed by atoms with Gasteiger partial charge >= 0.3 is 5.97 Å². The van der Waals surface area contributed by atoms with Gasteiger partial charge in [-0.05, 0) is 149 Å². The Balaban J connectivity index is 0.717. The summed E-state index contributed by atoms with van der Waals surface area (Å²) in [7, 11) is 1.88. The number of carbonyl (C=O) groups excluding carboxylic acids is 5. The van der Waals surface area contributed by atoms with E-state index in [0.717, 1.165) is 93.6 Å². The van der Waals surface area contributed by atoms with E-state index in [9.17, 15) is 24.0 Å². The highest BCUT2D eigenvalue weighted by atomic mass is 32.1. The van der Waals surface area contributed by atoms with Crippen molar-refractivity contribution < 1.29 is 33.4 Å². The van der Waals surface area contributed by atoms with Crippen LogP contribution in [0, 0.1) is 12.8 Å². The van der Waals surface area contributed by atoms with Crippen molar-refractivity contribution in [3.63, 3.8) is 0 Å². The molecule has 17 heteroatoms. The fourth-order valence-corrected chi connectivity index (χ4v) is 12.2. The number of hydrogen-bond acceptors (Lipinski definition) is 13. The standard InChI is InChI=1S/C59H63N9O7S/c1-35-40(41-22-24-50(61-54(41)57(73)75-59(2,3)4)68-27-26-37-10-8-12-42(45(37)34-68)55(71)63-58-60-46-13-6-7-15-49(46)76-58)11-9-14-48(35)74-39-19-16-36(17-20-39)32-52(70)67-30-28-66(29-31-67)38-18-21-43-47(33-38)65(5)64-53(43)44-23-25-51(69)62-56(44)72/h6-15,18,21-22,24,33,36,39,44H,16-17,19-20,23,25-32,34H2,1-5H3,(H,60,63,71)(H,62,69,72)/t36-,39-,44?. The molecule has 1 unspecified atom stereocenters. The predicted octanol–water partition coefficient (Wildman–Crippen LogP) is 9.52. The lowest BCUT2D eigenvalue weighted by atomic mass is 9.85. The number of thiazole rings is 1. The van der Waals surface area contributed by atoms with Gasteiger partial charge in [0.1, 0.15) is 17.2 Å². The zero-order valence-electron chi connectivity index (χ0n) is 43.7. The maximum atomic E-state index is 14.1. The zero-order chi connectivity index (χ0) is 52.8. The molecule has 0 radical (unpaired) electrons. The molecule has 76 heavy (non-hydrogen) atoms. The highest BCUT2D eigenvalue weighted by molar-refractivity contribution is 7.22. The van der Waals surface area contributed by atoms with Crippen molar-refractivity contribution >= 4 is 78.7 Å². The lowest BCUT2D eigenvalue weighted by molar-refractivity contribution is -0.134. The molecule has 4 aromatic carbocycles. The van der Waals surface area contributed by atoms with E-state index in [0.29, 0.717) is 79.6 Å². The number of benzene rings is 4. The van der Waals surface area contributed by atoms with E-state index in [1.54, 1.807) is 4.68 Å². The molecule has 16 nitrogen and oxygen atoms in total. The number of piperazine rings is 1. The fraction of sp³-hybridized carbons (Fsp3) is 0.390. The van der Waals surface area contributed by atoms with Crippen LogP contribution in [0.25, 0.3) is 32.2 Å². The largest absolute Gasteiger partial charge is 0.490 e. The summed E-state index contributed by atoms with van der Waals surface area (Å²) in [4.78, 5) is 82.1. The second-order valence-corrected chi connectivity index (χ2v) is 22.6. The number of aromatic nitrogens is 4. The normalized spacial score (nSPS) is 19.1. The molecule has 0 spiro atoms. The number of aryl methyl sites for hydroxylation is 1. The Morgan fingerprint density at radius 3 is 2.38 bits per heavy atom. The van der Waals surface area contributed by atoms with Crippen LogP contribution in [-0.2, 0) is 39.1 Å². The van der Waals surface area contributed by atoms with Gasteiger partial charge in [-0.15, -0.1) is 0 Å². The SMILES string of the molecule is Cc1c(O[C@H]2CC[C@H](CC(=O)N3CCN(c4ccc5c(C6CCC(=O)NC6=O)nn(C)c5c4)CC3)CC2)cccc1-c1ccc(N2CCc3cccc(C(=O)Nc4nc5ccccc5s4)c3C2)nc1C(=O)OC(C)(C)C. The molecule has 392 valence electrons. The first-order valence-corrected chi connectivity index (χ1v) is 27.3. The summed E-state index contributed by atoms with van der Waals surface area (Å²) in [5.41, 5.74) is 7.92. The van der Waals surface area contributed by atoms with Gasteiger partial charge in [-0.1, -0.05) is 47.7 Å². The molecule has 11 rings (SSSR count). The van der Waals surface area contributed by atoms with Gasteiger partial charge in [0, 0.05) is 81.4 Å². The van der Waals surface area contributed by atoms with E-state index in [2.05, 4.69) is 43.6 Å². The molecular weight excluding hydrogens is 979 g/mol. The van der Waals surface area contributed by atoms with Crippen LogP contribution in [0.4, 0.5) is 16.6 Å². The van der Waals surface area contributed by atoms with Gasteiger partial charge in [-0.3, -0.25) is 34.5 Å². The highest BCUT2D eigenvalue weighted by Crippen LogP contribution is 2.39. The number of piperidine rings is 1. The summed E-state index contributed by atoms with van der Waals surface area (Å²) >= 11 is 1.44. The minimum Gasteiger partial charge on any atom is -0.490 e. The number of anilines is 3. The molecule has 6 heterocycles. The monoisotopic (exact) mass is 1040 g/mol. The van der Waals surface area contributed by atoms with E-state index >= 15 is 0 Å². The number of esters is 1. The maximum absolute atomic E-state index is 14.1. The smallest absolute Gasteiger partial charge is 0.358 e. The first-order chi connectivity index (χ1) is 36.6. The number of pyridine rings is 1. The number of fused-ring (bicyclic) bond motifs is 3. The maximum Gasteiger partial charge on any atom is 0.358 e. The van der Waals surface area contributed by atoms with Gasteiger partial charge in [0.15, 0.2) is 10.8 Å². The first kappa shape index (κ1) is 50.5. The van der Waals surface area contributed by atoms with Crippen LogP contribution in [0.15, 0.2) is 91.0 Å². The third-order valence-electron chi connectivity index (χ3n) is 15.4. The number of rotatable bonds is 11. The Hall–Kier alpha value is -7.66. The molecule has 1 aliphatic carbocycles. The van der Waals surface area contributed by atoms with Gasteiger partial charge in [-0.25, -0.2) is 14.8 Å². The minimum absolute atomic E-state index is 0.0123. The van der Waals surface area contributed by atoms with Crippen molar-refractivity contribution in [3.05, 3.63) is 125 Å².